The van der Waals surface area contributed by atoms with Gasteiger partial charge in [0.15, 0.2) is 0 Å². The van der Waals surface area contributed by atoms with Crippen molar-refractivity contribution in [3.05, 3.63) is 23.9 Å². The third kappa shape index (κ3) is 2.12. The van der Waals surface area contributed by atoms with Crippen molar-refractivity contribution >= 4 is 0 Å². The minimum atomic E-state index is 0.486. The van der Waals surface area contributed by atoms with Gasteiger partial charge in [0, 0.05) is 17.8 Å². The van der Waals surface area contributed by atoms with Crippen LogP contribution in [0.25, 0.3) is 0 Å². The second-order valence-corrected chi connectivity index (χ2v) is 3.97. The van der Waals surface area contributed by atoms with Crippen LogP contribution in [0.4, 0.5) is 0 Å². The van der Waals surface area contributed by atoms with E-state index in [0.717, 1.165) is 5.88 Å². The monoisotopic (exact) mass is 206 g/mol. The smallest absolute Gasteiger partial charge is 0.218 e. The molecular weight excluding hydrogens is 188 g/mol. The first kappa shape index (κ1) is 10.4. The van der Waals surface area contributed by atoms with Gasteiger partial charge in [0.1, 0.15) is 0 Å². The van der Waals surface area contributed by atoms with E-state index < -0.39 is 0 Å². The standard InChI is InChI=1S/C12H18N2O/c1-3-15-12-10(6-4-8-13-12)11-7-5-9-14(11)2/h4,6,8,11H,3,5,7,9H2,1-2H3. The van der Waals surface area contributed by atoms with E-state index >= 15 is 0 Å². The number of likely N-dealkylation sites (tertiary alicyclic amines) is 1. The van der Waals surface area contributed by atoms with Crippen LogP contribution < -0.4 is 4.74 Å². The highest BCUT2D eigenvalue weighted by atomic mass is 16.5. The average molecular weight is 206 g/mol. The van der Waals surface area contributed by atoms with E-state index in [1.54, 1.807) is 6.20 Å². The van der Waals surface area contributed by atoms with Gasteiger partial charge in [0.05, 0.1) is 6.61 Å². The fraction of sp³-hybridized carbons (Fsp3) is 0.583. The van der Waals surface area contributed by atoms with Gasteiger partial charge in [-0.15, -0.1) is 0 Å². The molecule has 1 aromatic heterocycles. The predicted molar refractivity (Wildman–Crippen MR) is 60.0 cm³/mol. The van der Waals surface area contributed by atoms with Crippen molar-refractivity contribution in [3.8, 4) is 5.88 Å². The Bertz CT molecular complexity index is 327. The van der Waals surface area contributed by atoms with Gasteiger partial charge in [-0.1, -0.05) is 6.07 Å². The lowest BCUT2D eigenvalue weighted by atomic mass is 10.1. The number of hydrogen-bond acceptors (Lipinski definition) is 3. The number of rotatable bonds is 3. The van der Waals surface area contributed by atoms with Crippen LogP contribution >= 0.6 is 0 Å². The number of nitrogens with zero attached hydrogens (tertiary/aromatic N) is 2. The lowest BCUT2D eigenvalue weighted by Gasteiger charge is -2.21. The lowest BCUT2D eigenvalue weighted by Crippen LogP contribution is -2.18. The molecular formula is C12H18N2O. The van der Waals surface area contributed by atoms with E-state index in [-0.39, 0.29) is 0 Å². The predicted octanol–water partition coefficient (Wildman–Crippen LogP) is 2.25. The van der Waals surface area contributed by atoms with Crippen LogP contribution in [0.5, 0.6) is 5.88 Å². The molecule has 0 aromatic carbocycles. The molecule has 0 amide bonds. The molecule has 1 saturated heterocycles. The first-order valence-electron chi connectivity index (χ1n) is 5.61. The van der Waals surface area contributed by atoms with Gasteiger partial charge in [0.25, 0.3) is 0 Å². The van der Waals surface area contributed by atoms with Crippen LogP contribution in [0.1, 0.15) is 31.4 Å². The van der Waals surface area contributed by atoms with Crippen molar-refractivity contribution in [1.29, 1.82) is 0 Å². The molecule has 2 rings (SSSR count). The summed E-state index contributed by atoms with van der Waals surface area (Å²) in [4.78, 5) is 6.67. The Morgan fingerprint density at radius 3 is 3.13 bits per heavy atom. The molecule has 15 heavy (non-hydrogen) atoms. The summed E-state index contributed by atoms with van der Waals surface area (Å²) in [5, 5.41) is 0. The highest BCUT2D eigenvalue weighted by Gasteiger charge is 2.25. The normalized spacial score (nSPS) is 21.9. The molecule has 0 aliphatic carbocycles. The molecule has 1 aromatic rings. The van der Waals surface area contributed by atoms with Gasteiger partial charge in [0.2, 0.25) is 5.88 Å². The van der Waals surface area contributed by atoms with Crippen molar-refractivity contribution in [3.63, 3.8) is 0 Å². The van der Waals surface area contributed by atoms with Gasteiger partial charge in [-0.05, 0) is 39.4 Å². The summed E-state index contributed by atoms with van der Waals surface area (Å²) in [6, 6.07) is 4.61. The Hall–Kier alpha value is -1.09. The molecule has 82 valence electrons. The van der Waals surface area contributed by atoms with E-state index in [0.29, 0.717) is 12.6 Å². The summed E-state index contributed by atoms with van der Waals surface area (Å²) >= 11 is 0. The van der Waals surface area contributed by atoms with Gasteiger partial charge in [-0.25, -0.2) is 4.98 Å². The van der Waals surface area contributed by atoms with Crippen molar-refractivity contribution < 1.29 is 4.74 Å². The molecule has 1 fully saturated rings. The maximum atomic E-state index is 5.56. The third-order valence-electron chi connectivity index (χ3n) is 2.96. The molecule has 1 aliphatic heterocycles. The van der Waals surface area contributed by atoms with Crippen molar-refractivity contribution in [2.75, 3.05) is 20.2 Å². The van der Waals surface area contributed by atoms with Crippen LogP contribution in [0.3, 0.4) is 0 Å². The molecule has 0 spiro atoms. The Kier molecular flexibility index (Phi) is 3.21. The number of ether oxygens (including phenoxy) is 1. The van der Waals surface area contributed by atoms with E-state index in [1.165, 1.54) is 24.9 Å². The summed E-state index contributed by atoms with van der Waals surface area (Å²) in [5.74, 6) is 0.804. The van der Waals surface area contributed by atoms with Gasteiger partial charge < -0.3 is 4.74 Å². The van der Waals surface area contributed by atoms with Crippen LogP contribution in [-0.4, -0.2) is 30.1 Å². The van der Waals surface area contributed by atoms with E-state index in [4.69, 9.17) is 4.74 Å². The zero-order chi connectivity index (χ0) is 10.7. The topological polar surface area (TPSA) is 25.4 Å². The average Bonchev–Trinajstić information content (AvgIpc) is 2.66. The zero-order valence-corrected chi connectivity index (χ0v) is 9.44. The number of hydrogen-bond donors (Lipinski definition) is 0. The van der Waals surface area contributed by atoms with E-state index in [2.05, 4.69) is 23.0 Å². The van der Waals surface area contributed by atoms with E-state index in [1.807, 2.05) is 13.0 Å². The van der Waals surface area contributed by atoms with Crippen LogP contribution in [0, 0.1) is 0 Å². The Morgan fingerprint density at radius 1 is 1.60 bits per heavy atom. The third-order valence-corrected chi connectivity index (χ3v) is 2.96. The summed E-state index contributed by atoms with van der Waals surface area (Å²) in [6.07, 6.45) is 4.27. The molecule has 0 bridgehead atoms. The fourth-order valence-corrected chi connectivity index (χ4v) is 2.22. The number of aromatic nitrogens is 1. The SMILES string of the molecule is CCOc1ncccc1C1CCCN1C. The lowest BCUT2D eigenvalue weighted by molar-refractivity contribution is 0.285. The zero-order valence-electron chi connectivity index (χ0n) is 9.44. The molecule has 0 radical (unpaired) electrons. The van der Waals surface area contributed by atoms with Crippen LogP contribution in [0.15, 0.2) is 18.3 Å². The van der Waals surface area contributed by atoms with Crippen molar-refractivity contribution in [2.45, 2.75) is 25.8 Å². The Labute approximate surface area is 91.1 Å². The molecule has 2 heterocycles. The van der Waals surface area contributed by atoms with Gasteiger partial charge in [-0.2, -0.15) is 0 Å². The molecule has 1 unspecified atom stereocenters. The first-order chi connectivity index (χ1) is 7.33. The van der Waals surface area contributed by atoms with E-state index in [9.17, 15) is 0 Å². The second kappa shape index (κ2) is 4.62. The molecule has 3 heteroatoms. The highest BCUT2D eigenvalue weighted by molar-refractivity contribution is 5.29. The second-order valence-electron chi connectivity index (χ2n) is 3.97. The largest absolute Gasteiger partial charge is 0.478 e. The minimum Gasteiger partial charge on any atom is -0.478 e. The maximum Gasteiger partial charge on any atom is 0.218 e. The first-order valence-corrected chi connectivity index (χ1v) is 5.61. The molecule has 0 N–H and O–H groups in total. The Morgan fingerprint density at radius 2 is 2.47 bits per heavy atom. The van der Waals surface area contributed by atoms with Crippen molar-refractivity contribution in [2.24, 2.45) is 0 Å². The molecule has 0 saturated carbocycles. The summed E-state index contributed by atoms with van der Waals surface area (Å²) < 4.78 is 5.56. The maximum absolute atomic E-state index is 5.56. The summed E-state index contributed by atoms with van der Waals surface area (Å²) in [5.41, 5.74) is 1.24. The molecule has 1 atom stereocenters. The van der Waals surface area contributed by atoms with Crippen LogP contribution in [-0.2, 0) is 0 Å². The van der Waals surface area contributed by atoms with Gasteiger partial charge in [-0.3, -0.25) is 4.90 Å². The summed E-state index contributed by atoms with van der Waals surface area (Å²) in [6.45, 7) is 3.85. The quantitative estimate of drug-likeness (QED) is 0.758. The highest BCUT2D eigenvalue weighted by Crippen LogP contribution is 2.34. The fourth-order valence-electron chi connectivity index (χ4n) is 2.22. The Balaban J connectivity index is 2.25. The van der Waals surface area contributed by atoms with Gasteiger partial charge >= 0.3 is 0 Å². The minimum absolute atomic E-state index is 0.486. The molecule has 3 nitrogen and oxygen atoms in total. The molecule has 1 aliphatic rings. The number of pyridine rings is 1. The summed E-state index contributed by atoms with van der Waals surface area (Å²) in [7, 11) is 2.17. The van der Waals surface area contributed by atoms with Crippen molar-refractivity contribution in [1.82, 2.24) is 9.88 Å². The van der Waals surface area contributed by atoms with Crippen LogP contribution in [0.2, 0.25) is 0 Å².